The number of likely N-dealkylation sites (tertiary alicyclic amines) is 1. The smallest absolute Gasteiger partial charge is 0.293 e. The standard InChI is InChI=1S/C26H27N3O4/c1-16-6-7-20-19(13-16)22(17-8-10-27-11-9-17)23(28-20)18-5-4-12-29(14-18)26(30)25-24(32-3)21(31-2)15-33-25/h6-11,13,15,18,28H,4-5,12,14H2,1-3H3/t18-/m1/s1. The molecule has 7 heteroatoms. The summed E-state index contributed by atoms with van der Waals surface area (Å²) < 4.78 is 16.2. The summed E-state index contributed by atoms with van der Waals surface area (Å²) in [6.07, 6.45) is 6.95. The SMILES string of the molecule is COc1coc(C(=O)N2CCC[C@@H](c3[nH]c4ccc(C)cc4c3-c3ccncc3)C2)c1OC. The monoisotopic (exact) mass is 445 g/mol. The predicted octanol–water partition coefficient (Wildman–Crippen LogP) is 5.17. The molecule has 4 heterocycles. The van der Waals surface area contributed by atoms with Crippen molar-refractivity contribution >= 4 is 16.8 Å². The molecule has 1 amide bonds. The number of rotatable bonds is 5. The molecule has 1 fully saturated rings. The van der Waals surface area contributed by atoms with Gasteiger partial charge in [-0.2, -0.15) is 0 Å². The number of hydrogen-bond donors (Lipinski definition) is 1. The Labute approximate surface area is 192 Å². The van der Waals surface area contributed by atoms with E-state index in [1.54, 1.807) is 0 Å². The summed E-state index contributed by atoms with van der Waals surface area (Å²) in [4.78, 5) is 23.0. The van der Waals surface area contributed by atoms with Gasteiger partial charge in [-0.15, -0.1) is 0 Å². The maximum Gasteiger partial charge on any atom is 0.293 e. The lowest BCUT2D eigenvalue weighted by molar-refractivity contribution is 0.0669. The van der Waals surface area contributed by atoms with Crippen molar-refractivity contribution in [1.82, 2.24) is 14.9 Å². The average molecular weight is 446 g/mol. The first kappa shape index (κ1) is 21.1. The minimum absolute atomic E-state index is 0.168. The van der Waals surface area contributed by atoms with Crippen LogP contribution in [0.4, 0.5) is 0 Å². The van der Waals surface area contributed by atoms with Crippen LogP contribution in [0.25, 0.3) is 22.0 Å². The van der Waals surface area contributed by atoms with Crippen LogP contribution in [0, 0.1) is 6.92 Å². The zero-order chi connectivity index (χ0) is 22.9. The Hall–Kier alpha value is -3.74. The number of H-pyrrole nitrogens is 1. The number of hydrogen-bond acceptors (Lipinski definition) is 5. The third-order valence-corrected chi connectivity index (χ3v) is 6.40. The fourth-order valence-corrected chi connectivity index (χ4v) is 4.82. The molecular formula is C26H27N3O4. The van der Waals surface area contributed by atoms with Crippen molar-refractivity contribution in [3.8, 4) is 22.6 Å². The number of fused-ring (bicyclic) bond motifs is 1. The molecule has 0 unspecified atom stereocenters. The normalized spacial score (nSPS) is 16.2. The van der Waals surface area contributed by atoms with Crippen molar-refractivity contribution in [2.75, 3.05) is 27.3 Å². The fraction of sp³-hybridized carbons (Fsp3) is 0.308. The Bertz CT molecular complexity index is 1290. The quantitative estimate of drug-likeness (QED) is 0.458. The summed E-state index contributed by atoms with van der Waals surface area (Å²) in [7, 11) is 3.04. The molecule has 1 saturated heterocycles. The van der Waals surface area contributed by atoms with Crippen molar-refractivity contribution in [2.45, 2.75) is 25.7 Å². The van der Waals surface area contributed by atoms with Crippen molar-refractivity contribution in [3.63, 3.8) is 0 Å². The molecule has 1 aliphatic heterocycles. The number of benzene rings is 1. The van der Waals surface area contributed by atoms with Crippen molar-refractivity contribution in [1.29, 1.82) is 0 Å². The molecule has 4 aromatic rings. The number of methoxy groups -OCH3 is 2. The van der Waals surface area contributed by atoms with E-state index >= 15 is 0 Å². The number of aromatic amines is 1. The van der Waals surface area contributed by atoms with Crippen LogP contribution < -0.4 is 9.47 Å². The molecule has 1 N–H and O–H groups in total. The number of nitrogens with zero attached hydrogens (tertiary/aromatic N) is 2. The lowest BCUT2D eigenvalue weighted by atomic mass is 9.89. The number of aryl methyl sites for hydroxylation is 1. The van der Waals surface area contributed by atoms with Crippen LogP contribution >= 0.6 is 0 Å². The summed E-state index contributed by atoms with van der Waals surface area (Å²) in [5, 5.41) is 1.19. The van der Waals surface area contributed by atoms with Gasteiger partial charge in [0.25, 0.3) is 5.91 Å². The van der Waals surface area contributed by atoms with Gasteiger partial charge in [0.05, 0.1) is 14.2 Å². The van der Waals surface area contributed by atoms with Gasteiger partial charge in [-0.3, -0.25) is 9.78 Å². The Morgan fingerprint density at radius 1 is 1.18 bits per heavy atom. The van der Waals surface area contributed by atoms with Crippen molar-refractivity contribution in [3.05, 3.63) is 66.0 Å². The predicted molar refractivity (Wildman–Crippen MR) is 126 cm³/mol. The van der Waals surface area contributed by atoms with Gasteiger partial charge < -0.3 is 23.8 Å². The third kappa shape index (κ3) is 3.73. The summed E-state index contributed by atoms with van der Waals surface area (Å²) in [5.41, 5.74) is 5.78. The van der Waals surface area contributed by atoms with Gasteiger partial charge in [-0.05, 0) is 49.6 Å². The van der Waals surface area contributed by atoms with Crippen LogP contribution in [-0.2, 0) is 0 Å². The van der Waals surface area contributed by atoms with E-state index < -0.39 is 0 Å². The van der Waals surface area contributed by atoms with Gasteiger partial charge in [0.1, 0.15) is 6.26 Å². The minimum Gasteiger partial charge on any atom is -0.490 e. The zero-order valence-corrected chi connectivity index (χ0v) is 19.1. The molecule has 3 aromatic heterocycles. The van der Waals surface area contributed by atoms with Crippen LogP contribution in [-0.4, -0.2) is 48.1 Å². The fourth-order valence-electron chi connectivity index (χ4n) is 4.82. The van der Waals surface area contributed by atoms with Crippen molar-refractivity contribution in [2.24, 2.45) is 0 Å². The molecule has 1 atom stereocenters. The molecule has 0 aliphatic carbocycles. The molecule has 7 nitrogen and oxygen atoms in total. The molecule has 1 aliphatic rings. The first-order chi connectivity index (χ1) is 16.1. The average Bonchev–Trinajstić information content (AvgIpc) is 3.45. The number of aromatic nitrogens is 2. The second-order valence-electron chi connectivity index (χ2n) is 8.46. The highest BCUT2D eigenvalue weighted by molar-refractivity contribution is 5.98. The van der Waals surface area contributed by atoms with E-state index in [0.29, 0.717) is 24.6 Å². The van der Waals surface area contributed by atoms with Gasteiger partial charge in [-0.25, -0.2) is 0 Å². The van der Waals surface area contributed by atoms with Gasteiger partial charge in [-0.1, -0.05) is 11.6 Å². The third-order valence-electron chi connectivity index (χ3n) is 6.40. The largest absolute Gasteiger partial charge is 0.490 e. The van der Waals surface area contributed by atoms with E-state index in [2.05, 4.69) is 35.1 Å². The van der Waals surface area contributed by atoms with Crippen molar-refractivity contribution < 1.29 is 18.7 Å². The molecular weight excluding hydrogens is 418 g/mol. The first-order valence-corrected chi connectivity index (χ1v) is 11.1. The number of ether oxygens (including phenoxy) is 2. The summed E-state index contributed by atoms with van der Waals surface area (Å²) >= 11 is 0. The Morgan fingerprint density at radius 3 is 2.76 bits per heavy atom. The topological polar surface area (TPSA) is 80.6 Å². The highest BCUT2D eigenvalue weighted by Crippen LogP contribution is 2.40. The summed E-state index contributed by atoms with van der Waals surface area (Å²) in [6, 6.07) is 10.5. The molecule has 0 saturated carbocycles. The van der Waals surface area contributed by atoms with Gasteiger partial charge >= 0.3 is 0 Å². The number of carbonyl (C=O) groups is 1. The number of amides is 1. The molecule has 170 valence electrons. The minimum atomic E-state index is -0.183. The number of nitrogens with one attached hydrogen (secondary N) is 1. The summed E-state index contributed by atoms with van der Waals surface area (Å²) in [5.74, 6) is 0.916. The molecule has 0 spiro atoms. The van der Waals surface area contributed by atoms with Crippen LogP contribution in [0.15, 0.2) is 53.4 Å². The van der Waals surface area contributed by atoms with E-state index in [-0.39, 0.29) is 17.6 Å². The van der Waals surface area contributed by atoms with E-state index in [0.717, 1.165) is 29.6 Å². The van der Waals surface area contributed by atoms with Gasteiger partial charge in [0.2, 0.25) is 11.5 Å². The number of furan rings is 1. The lowest BCUT2D eigenvalue weighted by Crippen LogP contribution is -2.39. The Balaban J connectivity index is 1.52. The lowest BCUT2D eigenvalue weighted by Gasteiger charge is -2.32. The molecule has 0 radical (unpaired) electrons. The first-order valence-electron chi connectivity index (χ1n) is 11.1. The maximum atomic E-state index is 13.3. The van der Waals surface area contributed by atoms with Gasteiger partial charge in [0, 0.05) is 53.6 Å². The van der Waals surface area contributed by atoms with E-state index in [4.69, 9.17) is 13.9 Å². The Kier molecular flexibility index (Phi) is 5.54. The van der Waals surface area contributed by atoms with Gasteiger partial charge in [0.15, 0.2) is 5.75 Å². The van der Waals surface area contributed by atoms with E-state index in [9.17, 15) is 4.79 Å². The number of carbonyl (C=O) groups excluding carboxylic acids is 1. The molecule has 0 bridgehead atoms. The van der Waals surface area contributed by atoms with E-state index in [1.807, 2.05) is 29.4 Å². The zero-order valence-electron chi connectivity index (χ0n) is 19.1. The number of piperidine rings is 1. The Morgan fingerprint density at radius 2 is 2.00 bits per heavy atom. The highest BCUT2D eigenvalue weighted by Gasteiger charge is 2.32. The molecule has 5 rings (SSSR count). The highest BCUT2D eigenvalue weighted by atomic mass is 16.5. The van der Waals surface area contributed by atoms with Crippen LogP contribution in [0.5, 0.6) is 11.5 Å². The maximum absolute atomic E-state index is 13.3. The number of pyridine rings is 1. The second kappa shape index (κ2) is 8.65. The van der Waals surface area contributed by atoms with Crippen LogP contribution in [0.3, 0.4) is 0 Å². The summed E-state index contributed by atoms with van der Waals surface area (Å²) in [6.45, 7) is 3.37. The molecule has 1 aromatic carbocycles. The molecule has 33 heavy (non-hydrogen) atoms. The second-order valence-corrected chi connectivity index (χ2v) is 8.46. The van der Waals surface area contributed by atoms with Crippen LogP contribution in [0.2, 0.25) is 0 Å². The van der Waals surface area contributed by atoms with Crippen LogP contribution in [0.1, 0.15) is 40.6 Å². The van der Waals surface area contributed by atoms with E-state index in [1.165, 1.54) is 37.0 Å².